The highest BCUT2D eigenvalue weighted by Gasteiger charge is 2.19. The van der Waals surface area contributed by atoms with Crippen molar-refractivity contribution < 1.29 is 9.53 Å². The van der Waals surface area contributed by atoms with Crippen LogP contribution in [0.2, 0.25) is 0 Å². The fourth-order valence-corrected chi connectivity index (χ4v) is 3.00. The van der Waals surface area contributed by atoms with Crippen LogP contribution in [0, 0.1) is 0 Å². The largest absolute Gasteiger partial charge is 0.378 e. The third-order valence-corrected chi connectivity index (χ3v) is 4.50. The number of nitrogens with zero attached hydrogens (tertiary/aromatic N) is 5. The van der Waals surface area contributed by atoms with Gasteiger partial charge in [0.2, 0.25) is 5.91 Å². The second kappa shape index (κ2) is 8.27. The third kappa shape index (κ3) is 4.19. The molecule has 3 heterocycles. The van der Waals surface area contributed by atoms with E-state index in [2.05, 4.69) is 39.0 Å². The number of morpholine rings is 1. The molecule has 1 aliphatic heterocycles. The maximum absolute atomic E-state index is 12.5. The van der Waals surface area contributed by atoms with E-state index in [9.17, 15) is 4.79 Å². The summed E-state index contributed by atoms with van der Waals surface area (Å²) in [5.74, 6) is 1.98. The maximum atomic E-state index is 12.5. The zero-order valence-corrected chi connectivity index (χ0v) is 15.6. The second-order valence-corrected chi connectivity index (χ2v) is 6.71. The Bertz CT molecular complexity index is 739. The molecule has 1 fully saturated rings. The van der Waals surface area contributed by atoms with Crippen molar-refractivity contribution >= 4 is 11.7 Å². The van der Waals surface area contributed by atoms with Gasteiger partial charge in [0.1, 0.15) is 24.0 Å². The number of carbonyl (C=O) groups is 1. The zero-order valence-electron chi connectivity index (χ0n) is 15.6. The highest BCUT2D eigenvalue weighted by Crippen LogP contribution is 2.17. The van der Waals surface area contributed by atoms with Crippen LogP contribution in [0.25, 0.3) is 0 Å². The van der Waals surface area contributed by atoms with Gasteiger partial charge in [-0.3, -0.25) is 4.79 Å². The predicted octanol–water partition coefficient (Wildman–Crippen LogP) is 1.51. The van der Waals surface area contributed by atoms with E-state index < -0.39 is 0 Å². The van der Waals surface area contributed by atoms with Crippen molar-refractivity contribution in [3.8, 4) is 0 Å². The Kier molecular flexibility index (Phi) is 5.82. The van der Waals surface area contributed by atoms with Crippen LogP contribution >= 0.6 is 0 Å². The monoisotopic (exact) mass is 358 g/mol. The number of nitrogens with one attached hydrogen (secondary N) is 1. The molecule has 0 aliphatic carbocycles. The standard InChI is InChI=1S/C18H26N6O2/c1-13(2)17-19-4-5-24(17)14(3)18(25)20-11-15-10-16(22-12-21-15)23-6-8-26-9-7-23/h4-5,10,12-14H,6-9,11H2,1-3H3,(H,20,25). The van der Waals surface area contributed by atoms with Crippen molar-refractivity contribution in [2.75, 3.05) is 31.2 Å². The van der Waals surface area contributed by atoms with E-state index >= 15 is 0 Å². The minimum Gasteiger partial charge on any atom is -0.378 e. The molecule has 1 atom stereocenters. The number of carbonyl (C=O) groups excluding carboxylic acids is 1. The van der Waals surface area contributed by atoms with Crippen molar-refractivity contribution in [2.24, 2.45) is 0 Å². The van der Waals surface area contributed by atoms with Crippen LogP contribution in [-0.4, -0.2) is 51.7 Å². The van der Waals surface area contributed by atoms with Crippen molar-refractivity contribution in [1.29, 1.82) is 0 Å². The molecule has 0 aromatic carbocycles. The lowest BCUT2D eigenvalue weighted by molar-refractivity contribution is -0.124. The summed E-state index contributed by atoms with van der Waals surface area (Å²) in [7, 11) is 0. The number of hydrogen-bond donors (Lipinski definition) is 1. The third-order valence-electron chi connectivity index (χ3n) is 4.50. The summed E-state index contributed by atoms with van der Waals surface area (Å²) < 4.78 is 7.28. The Hall–Kier alpha value is -2.48. The lowest BCUT2D eigenvalue weighted by atomic mass is 10.2. The number of anilines is 1. The van der Waals surface area contributed by atoms with Gasteiger partial charge in [-0.05, 0) is 6.92 Å². The molecule has 1 saturated heterocycles. The first-order chi connectivity index (χ1) is 12.6. The van der Waals surface area contributed by atoms with E-state index in [1.165, 1.54) is 0 Å². The van der Waals surface area contributed by atoms with Gasteiger partial charge in [0.25, 0.3) is 0 Å². The highest BCUT2D eigenvalue weighted by atomic mass is 16.5. The second-order valence-electron chi connectivity index (χ2n) is 6.71. The lowest BCUT2D eigenvalue weighted by Crippen LogP contribution is -2.37. The van der Waals surface area contributed by atoms with E-state index in [4.69, 9.17) is 4.74 Å². The van der Waals surface area contributed by atoms with Gasteiger partial charge < -0.3 is 19.5 Å². The summed E-state index contributed by atoms with van der Waals surface area (Å²) in [6, 6.07) is 1.60. The van der Waals surface area contributed by atoms with E-state index in [0.29, 0.717) is 19.8 Å². The van der Waals surface area contributed by atoms with Crippen LogP contribution in [0.1, 0.15) is 44.2 Å². The molecule has 140 valence electrons. The van der Waals surface area contributed by atoms with Crippen LogP contribution in [-0.2, 0) is 16.1 Å². The zero-order chi connectivity index (χ0) is 18.5. The topological polar surface area (TPSA) is 85.2 Å². The number of ether oxygens (including phenoxy) is 1. The predicted molar refractivity (Wildman–Crippen MR) is 97.9 cm³/mol. The summed E-state index contributed by atoms with van der Waals surface area (Å²) in [6.45, 7) is 9.43. The molecule has 0 spiro atoms. The van der Waals surface area contributed by atoms with Gasteiger partial charge in [-0.15, -0.1) is 0 Å². The van der Waals surface area contributed by atoms with Crippen LogP contribution in [0.4, 0.5) is 5.82 Å². The van der Waals surface area contributed by atoms with Crippen LogP contribution in [0.15, 0.2) is 24.8 Å². The number of rotatable bonds is 6. The molecule has 1 N–H and O–H groups in total. The SMILES string of the molecule is CC(C)c1nccn1C(C)C(=O)NCc1cc(N2CCOCC2)ncn1. The Balaban J connectivity index is 1.61. The molecule has 8 nitrogen and oxygen atoms in total. The molecule has 0 bridgehead atoms. The molecule has 2 aromatic rings. The number of aromatic nitrogens is 4. The van der Waals surface area contributed by atoms with E-state index in [1.807, 2.05) is 23.8 Å². The maximum Gasteiger partial charge on any atom is 0.243 e. The molecule has 1 aliphatic rings. The van der Waals surface area contributed by atoms with E-state index in [-0.39, 0.29) is 17.9 Å². The van der Waals surface area contributed by atoms with Crippen molar-refractivity contribution in [3.63, 3.8) is 0 Å². The fraction of sp³-hybridized carbons (Fsp3) is 0.556. The molecule has 3 rings (SSSR count). The highest BCUT2D eigenvalue weighted by molar-refractivity contribution is 5.79. The Morgan fingerprint density at radius 1 is 1.23 bits per heavy atom. The summed E-state index contributed by atoms with van der Waals surface area (Å²) in [5.41, 5.74) is 0.789. The number of imidazole rings is 1. The summed E-state index contributed by atoms with van der Waals surface area (Å²) in [5, 5.41) is 2.96. The summed E-state index contributed by atoms with van der Waals surface area (Å²) in [4.78, 5) is 27.7. The van der Waals surface area contributed by atoms with Crippen LogP contribution in [0.3, 0.4) is 0 Å². The number of amides is 1. The first kappa shape index (κ1) is 18.3. The number of hydrogen-bond acceptors (Lipinski definition) is 6. The van der Waals surface area contributed by atoms with Gasteiger partial charge in [-0.1, -0.05) is 13.8 Å². The molecular formula is C18H26N6O2. The van der Waals surface area contributed by atoms with Crippen molar-refractivity contribution in [2.45, 2.75) is 39.3 Å². The van der Waals surface area contributed by atoms with Crippen molar-refractivity contribution in [3.05, 3.63) is 36.3 Å². The van der Waals surface area contributed by atoms with Crippen LogP contribution in [0.5, 0.6) is 0 Å². The van der Waals surface area contributed by atoms with Gasteiger partial charge in [-0.2, -0.15) is 0 Å². The average Bonchev–Trinajstić information content (AvgIpc) is 3.16. The minimum atomic E-state index is -0.324. The van der Waals surface area contributed by atoms with E-state index in [0.717, 1.165) is 30.4 Å². The van der Waals surface area contributed by atoms with Gasteiger partial charge in [0, 0.05) is 37.5 Å². The summed E-state index contributed by atoms with van der Waals surface area (Å²) >= 11 is 0. The first-order valence-electron chi connectivity index (χ1n) is 9.00. The smallest absolute Gasteiger partial charge is 0.243 e. The Labute approximate surface area is 153 Å². The molecule has 2 aromatic heterocycles. The van der Waals surface area contributed by atoms with Gasteiger partial charge >= 0.3 is 0 Å². The quantitative estimate of drug-likeness (QED) is 0.842. The molecule has 0 radical (unpaired) electrons. The Morgan fingerprint density at radius 3 is 2.73 bits per heavy atom. The molecule has 1 amide bonds. The minimum absolute atomic E-state index is 0.0589. The van der Waals surface area contributed by atoms with Crippen LogP contribution < -0.4 is 10.2 Å². The summed E-state index contributed by atoms with van der Waals surface area (Å²) in [6.07, 6.45) is 5.13. The first-order valence-corrected chi connectivity index (χ1v) is 9.00. The molecule has 26 heavy (non-hydrogen) atoms. The lowest BCUT2D eigenvalue weighted by Gasteiger charge is -2.27. The average molecular weight is 358 g/mol. The molecular weight excluding hydrogens is 332 g/mol. The van der Waals surface area contributed by atoms with Gasteiger partial charge in [-0.25, -0.2) is 15.0 Å². The normalized spacial score (nSPS) is 15.9. The molecule has 0 saturated carbocycles. The van der Waals surface area contributed by atoms with Gasteiger partial charge in [0.05, 0.1) is 25.5 Å². The Morgan fingerprint density at radius 2 is 2.00 bits per heavy atom. The van der Waals surface area contributed by atoms with Gasteiger partial charge in [0.15, 0.2) is 0 Å². The van der Waals surface area contributed by atoms with Crippen molar-refractivity contribution in [1.82, 2.24) is 24.8 Å². The molecule has 8 heteroatoms. The fourth-order valence-electron chi connectivity index (χ4n) is 3.00. The molecule has 1 unspecified atom stereocenters. The van der Waals surface area contributed by atoms with E-state index in [1.54, 1.807) is 12.5 Å².